The molecule has 0 amide bonds. The summed E-state index contributed by atoms with van der Waals surface area (Å²) in [6.07, 6.45) is 31.3. The van der Waals surface area contributed by atoms with E-state index in [-0.39, 0.29) is 32.8 Å². The number of carbonyl (C=O) groups is 1. The van der Waals surface area contributed by atoms with Crippen molar-refractivity contribution in [3.63, 3.8) is 0 Å². The smallest absolute Gasteiger partial charge is 0.457 e. The zero-order valence-corrected chi connectivity index (χ0v) is 25.9. The average molecular weight is 586 g/mol. The van der Waals surface area contributed by atoms with E-state index in [0.717, 1.165) is 51.4 Å². The van der Waals surface area contributed by atoms with Crippen LogP contribution < -0.4 is 5.73 Å². The van der Waals surface area contributed by atoms with Crippen molar-refractivity contribution in [2.75, 3.05) is 33.0 Å². The van der Waals surface area contributed by atoms with Gasteiger partial charge in [0.1, 0.15) is 6.10 Å². The molecule has 0 heterocycles. The first kappa shape index (κ1) is 38.5. The van der Waals surface area contributed by atoms with Gasteiger partial charge < -0.3 is 20.1 Å². The van der Waals surface area contributed by atoms with Gasteiger partial charge in [-0.25, -0.2) is 4.57 Å². The van der Waals surface area contributed by atoms with Crippen LogP contribution in [0.5, 0.6) is 0 Å². The number of phosphoric acid groups is 1. The van der Waals surface area contributed by atoms with E-state index in [4.69, 9.17) is 24.3 Å². The Morgan fingerprint density at radius 3 is 1.95 bits per heavy atom. The van der Waals surface area contributed by atoms with Gasteiger partial charge in [0.15, 0.2) is 0 Å². The molecule has 0 saturated carbocycles. The Bertz CT molecular complexity index is 752. The highest BCUT2D eigenvalue weighted by Gasteiger charge is 2.25. The molecule has 0 rings (SSSR count). The number of allylic oxidation sites excluding steroid dienone is 8. The molecule has 0 spiro atoms. The molecular formula is C31H56NO7P. The zero-order chi connectivity index (χ0) is 29.6. The van der Waals surface area contributed by atoms with Crippen LogP contribution in [0.4, 0.5) is 0 Å². The SMILES string of the molecule is CC/C=C\C/C=C\C/C=C\C/C=C\CCCCCCCCCOCC(COP(=O)(O)OCCN)OC(=O)CCC. The van der Waals surface area contributed by atoms with E-state index >= 15 is 0 Å². The Hall–Kier alpha value is -1.54. The Morgan fingerprint density at radius 2 is 1.35 bits per heavy atom. The van der Waals surface area contributed by atoms with Gasteiger partial charge in [-0.05, 0) is 51.4 Å². The van der Waals surface area contributed by atoms with Crippen molar-refractivity contribution in [1.29, 1.82) is 0 Å². The van der Waals surface area contributed by atoms with Crippen molar-refractivity contribution in [2.24, 2.45) is 5.73 Å². The normalized spacial score (nSPS) is 14.6. The lowest BCUT2D eigenvalue weighted by atomic mass is 10.1. The van der Waals surface area contributed by atoms with Crippen molar-refractivity contribution < 1.29 is 32.8 Å². The van der Waals surface area contributed by atoms with Crippen LogP contribution in [0.1, 0.15) is 104 Å². The topological polar surface area (TPSA) is 117 Å². The highest BCUT2D eigenvalue weighted by atomic mass is 31.2. The number of hydrogen-bond donors (Lipinski definition) is 2. The van der Waals surface area contributed by atoms with Crippen molar-refractivity contribution in [3.8, 4) is 0 Å². The number of esters is 1. The van der Waals surface area contributed by atoms with Crippen LogP contribution in [0.3, 0.4) is 0 Å². The van der Waals surface area contributed by atoms with Crippen LogP contribution in [0.15, 0.2) is 48.6 Å². The van der Waals surface area contributed by atoms with Gasteiger partial charge in [-0.15, -0.1) is 0 Å². The highest BCUT2D eigenvalue weighted by molar-refractivity contribution is 7.47. The molecule has 0 aromatic heterocycles. The number of rotatable bonds is 28. The van der Waals surface area contributed by atoms with E-state index < -0.39 is 19.9 Å². The Kier molecular flexibility index (Phi) is 27.9. The summed E-state index contributed by atoms with van der Waals surface area (Å²) in [6.45, 7) is 4.37. The first-order valence-corrected chi connectivity index (χ1v) is 16.6. The zero-order valence-electron chi connectivity index (χ0n) is 25.1. The van der Waals surface area contributed by atoms with Gasteiger partial charge in [-0.1, -0.05) is 94.6 Å². The minimum absolute atomic E-state index is 0.0952. The third-order valence-corrected chi connectivity index (χ3v) is 6.71. The summed E-state index contributed by atoms with van der Waals surface area (Å²) < 4.78 is 32.4. The van der Waals surface area contributed by atoms with E-state index in [1.807, 2.05) is 6.92 Å². The molecule has 0 radical (unpaired) electrons. The fourth-order valence-electron chi connectivity index (χ4n) is 3.61. The maximum Gasteiger partial charge on any atom is 0.472 e. The van der Waals surface area contributed by atoms with Gasteiger partial charge in [-0.3, -0.25) is 13.8 Å². The first-order chi connectivity index (χ1) is 19.4. The lowest BCUT2D eigenvalue weighted by molar-refractivity contribution is -0.154. The predicted octanol–water partition coefficient (Wildman–Crippen LogP) is 7.73. The van der Waals surface area contributed by atoms with E-state index in [9.17, 15) is 14.3 Å². The summed E-state index contributed by atoms with van der Waals surface area (Å²) in [5.41, 5.74) is 5.27. The second-order valence-electron chi connectivity index (χ2n) is 9.59. The largest absolute Gasteiger partial charge is 0.472 e. The van der Waals surface area contributed by atoms with E-state index in [0.29, 0.717) is 13.0 Å². The molecule has 2 atom stereocenters. The van der Waals surface area contributed by atoms with Crippen LogP contribution in [0.2, 0.25) is 0 Å². The molecule has 0 aliphatic rings. The molecule has 232 valence electrons. The Balaban J connectivity index is 3.80. The molecule has 3 N–H and O–H groups in total. The number of carbonyl (C=O) groups excluding carboxylic acids is 1. The fourth-order valence-corrected chi connectivity index (χ4v) is 4.38. The number of phosphoric ester groups is 1. The van der Waals surface area contributed by atoms with E-state index in [1.165, 1.54) is 25.7 Å². The molecule has 9 heteroatoms. The Morgan fingerprint density at radius 1 is 0.775 bits per heavy atom. The summed E-state index contributed by atoms with van der Waals surface area (Å²) in [5.74, 6) is -0.391. The quantitative estimate of drug-likeness (QED) is 0.0414. The van der Waals surface area contributed by atoms with Gasteiger partial charge in [0.2, 0.25) is 0 Å². The van der Waals surface area contributed by atoms with Crippen LogP contribution in [-0.4, -0.2) is 49.9 Å². The van der Waals surface area contributed by atoms with Crippen molar-refractivity contribution in [1.82, 2.24) is 0 Å². The van der Waals surface area contributed by atoms with Gasteiger partial charge >= 0.3 is 13.8 Å². The molecule has 0 aliphatic carbocycles. The minimum Gasteiger partial charge on any atom is -0.457 e. The third kappa shape index (κ3) is 28.0. The molecule has 0 aromatic carbocycles. The predicted molar refractivity (Wildman–Crippen MR) is 164 cm³/mol. The van der Waals surface area contributed by atoms with Gasteiger partial charge in [0, 0.05) is 19.6 Å². The number of nitrogens with two attached hydrogens (primary N) is 1. The molecular weight excluding hydrogens is 529 g/mol. The summed E-state index contributed by atoms with van der Waals surface area (Å²) in [4.78, 5) is 21.5. The summed E-state index contributed by atoms with van der Waals surface area (Å²) in [6, 6.07) is 0. The number of hydrogen-bond acceptors (Lipinski definition) is 7. The van der Waals surface area contributed by atoms with Crippen LogP contribution in [-0.2, 0) is 27.9 Å². The maximum atomic E-state index is 11.9. The van der Waals surface area contributed by atoms with Crippen LogP contribution >= 0.6 is 7.82 Å². The summed E-state index contributed by atoms with van der Waals surface area (Å²) in [7, 11) is -4.24. The van der Waals surface area contributed by atoms with Crippen LogP contribution in [0.25, 0.3) is 0 Å². The standard InChI is InChI=1S/C31H56NO7P/c1-3-5-6-7-8-9-10-11-12-13-14-15-16-17-18-19-20-21-22-23-26-36-28-30(39-31(33)24-4-2)29-38-40(34,35)37-27-25-32/h5-6,8-9,11-12,14-15,30H,3-4,7,10,13,16-29,32H2,1-2H3,(H,34,35)/b6-5-,9-8-,12-11-,15-14-. The van der Waals surface area contributed by atoms with Crippen molar-refractivity contribution in [3.05, 3.63) is 48.6 Å². The average Bonchev–Trinajstić information content (AvgIpc) is 2.93. The molecule has 0 aliphatic heterocycles. The molecule has 0 bridgehead atoms. The molecule has 8 nitrogen and oxygen atoms in total. The lowest BCUT2D eigenvalue weighted by Crippen LogP contribution is -2.28. The second-order valence-corrected chi connectivity index (χ2v) is 11.0. The first-order valence-electron chi connectivity index (χ1n) is 15.1. The van der Waals surface area contributed by atoms with E-state index in [2.05, 4.69) is 55.5 Å². The maximum absolute atomic E-state index is 11.9. The van der Waals surface area contributed by atoms with Gasteiger partial charge in [0.25, 0.3) is 0 Å². The monoisotopic (exact) mass is 585 g/mol. The molecule has 40 heavy (non-hydrogen) atoms. The third-order valence-electron chi connectivity index (χ3n) is 5.73. The lowest BCUT2D eigenvalue weighted by Gasteiger charge is -2.19. The summed E-state index contributed by atoms with van der Waals surface area (Å²) >= 11 is 0. The fraction of sp³-hybridized carbons (Fsp3) is 0.710. The van der Waals surface area contributed by atoms with Crippen LogP contribution in [0, 0.1) is 0 Å². The number of ether oxygens (including phenoxy) is 2. The molecule has 0 saturated heterocycles. The molecule has 0 fully saturated rings. The number of unbranched alkanes of at least 4 members (excludes halogenated alkanes) is 7. The summed E-state index contributed by atoms with van der Waals surface area (Å²) in [5, 5.41) is 0. The van der Waals surface area contributed by atoms with Crippen molar-refractivity contribution >= 4 is 13.8 Å². The highest BCUT2D eigenvalue weighted by Crippen LogP contribution is 2.43. The van der Waals surface area contributed by atoms with Gasteiger partial charge in [-0.2, -0.15) is 0 Å². The van der Waals surface area contributed by atoms with Crippen molar-refractivity contribution in [2.45, 2.75) is 110 Å². The van der Waals surface area contributed by atoms with E-state index in [1.54, 1.807) is 0 Å². The van der Waals surface area contributed by atoms with Gasteiger partial charge in [0.05, 0.1) is 19.8 Å². The minimum atomic E-state index is -4.24. The molecule has 0 aromatic rings. The Labute approximate surface area is 243 Å². The second kappa shape index (κ2) is 29.0. The molecule has 2 unspecified atom stereocenters.